The van der Waals surface area contributed by atoms with Crippen molar-refractivity contribution in [1.29, 1.82) is 0 Å². The number of rotatable bonds is 6. The number of aromatic nitrogens is 3. The normalized spacial score (nSPS) is 12.8. The summed E-state index contributed by atoms with van der Waals surface area (Å²) in [6.45, 7) is 1.23. The summed E-state index contributed by atoms with van der Waals surface area (Å²) in [5.74, 6) is 2.02. The van der Waals surface area contributed by atoms with E-state index in [0.29, 0.717) is 40.2 Å². The molecule has 9 nitrogen and oxygen atoms in total. The number of fused-ring (bicyclic) bond motifs is 5. The van der Waals surface area contributed by atoms with Crippen LogP contribution < -0.4 is 19.6 Å². The van der Waals surface area contributed by atoms with E-state index in [9.17, 15) is 9.90 Å². The zero-order valence-electron chi connectivity index (χ0n) is 21.4. The number of hydrogen-bond donors (Lipinski definition) is 2. The van der Waals surface area contributed by atoms with Crippen LogP contribution in [0.4, 0.5) is 0 Å². The van der Waals surface area contributed by atoms with Crippen molar-refractivity contribution in [3.8, 4) is 34.1 Å². The maximum atomic E-state index is 12.0. The molecular formula is C30H25N3O6. The summed E-state index contributed by atoms with van der Waals surface area (Å²) < 4.78 is 25.4. The van der Waals surface area contributed by atoms with Crippen molar-refractivity contribution in [2.75, 3.05) is 20.3 Å². The van der Waals surface area contributed by atoms with Crippen molar-refractivity contribution < 1.29 is 23.7 Å². The lowest BCUT2D eigenvalue weighted by Crippen LogP contribution is -2.03. The molecule has 3 aromatic carbocycles. The van der Waals surface area contributed by atoms with Gasteiger partial charge in [-0.15, -0.1) is 0 Å². The summed E-state index contributed by atoms with van der Waals surface area (Å²) >= 11 is 0. The van der Waals surface area contributed by atoms with Gasteiger partial charge in [0.1, 0.15) is 22.6 Å². The van der Waals surface area contributed by atoms with Gasteiger partial charge in [0.05, 0.1) is 25.7 Å². The van der Waals surface area contributed by atoms with Crippen molar-refractivity contribution in [2.45, 2.75) is 12.8 Å². The Kier molecular flexibility index (Phi) is 5.26. The highest BCUT2D eigenvalue weighted by atomic mass is 16.5. The fourth-order valence-electron chi connectivity index (χ4n) is 5.36. The quantitative estimate of drug-likeness (QED) is 0.312. The van der Waals surface area contributed by atoms with E-state index in [-0.39, 0.29) is 16.8 Å². The Morgan fingerprint density at radius 2 is 2.03 bits per heavy atom. The molecule has 0 spiro atoms. The number of furan rings is 1. The zero-order chi connectivity index (χ0) is 26.7. The zero-order valence-corrected chi connectivity index (χ0v) is 21.4. The van der Waals surface area contributed by atoms with E-state index in [1.165, 1.54) is 23.3 Å². The molecule has 0 amide bonds. The minimum absolute atomic E-state index is 0.163. The highest BCUT2D eigenvalue weighted by Crippen LogP contribution is 2.43. The first-order valence-corrected chi connectivity index (χ1v) is 12.7. The van der Waals surface area contributed by atoms with Crippen LogP contribution in [0.5, 0.6) is 23.0 Å². The van der Waals surface area contributed by atoms with Crippen LogP contribution in [-0.2, 0) is 19.9 Å². The number of benzene rings is 3. The van der Waals surface area contributed by atoms with Crippen LogP contribution in [0.3, 0.4) is 0 Å². The third-order valence-corrected chi connectivity index (χ3v) is 7.25. The maximum Gasteiger partial charge on any atom is 0.186 e. The number of nitrogens with one attached hydrogen (secondary N) is 1. The molecule has 0 aliphatic carbocycles. The highest BCUT2D eigenvalue weighted by molar-refractivity contribution is 6.16. The summed E-state index contributed by atoms with van der Waals surface area (Å²) in [7, 11) is 3.46. The van der Waals surface area contributed by atoms with E-state index in [2.05, 4.69) is 17.2 Å². The molecule has 6 aromatic rings. The number of hydrogen-bond acceptors (Lipinski definition) is 7. The molecule has 1 aliphatic rings. The lowest BCUT2D eigenvalue weighted by Gasteiger charge is -2.13. The number of aryl methyl sites for hydroxylation is 1. The van der Waals surface area contributed by atoms with Crippen LogP contribution in [0.2, 0.25) is 0 Å². The minimum Gasteiger partial charge on any atom is -0.507 e. The molecule has 0 bridgehead atoms. The van der Waals surface area contributed by atoms with Gasteiger partial charge in [-0.1, -0.05) is 18.2 Å². The number of nitrogens with zero attached hydrogens (tertiary/aromatic N) is 2. The van der Waals surface area contributed by atoms with E-state index >= 15 is 0 Å². The Morgan fingerprint density at radius 3 is 2.90 bits per heavy atom. The second-order valence-electron chi connectivity index (χ2n) is 9.66. The van der Waals surface area contributed by atoms with Gasteiger partial charge in [0.25, 0.3) is 0 Å². The van der Waals surface area contributed by atoms with Crippen LogP contribution in [0, 0.1) is 0 Å². The van der Waals surface area contributed by atoms with E-state index in [1.54, 1.807) is 11.8 Å². The van der Waals surface area contributed by atoms with Crippen LogP contribution in [0.25, 0.3) is 44.2 Å². The number of methoxy groups -OCH3 is 1. The molecule has 0 saturated heterocycles. The molecule has 0 saturated carbocycles. The SMILES string of the molecule is COc1cc(-c2c3c[nH]n(C)c3nc3c2oc2cc(=O)cc(O)c23)ccc1OCCc1ccc2c(c1)CCO2. The smallest absolute Gasteiger partial charge is 0.186 e. The minimum atomic E-state index is -0.338. The van der Waals surface area contributed by atoms with Crippen molar-refractivity contribution in [1.82, 2.24) is 14.8 Å². The molecule has 9 heteroatoms. The summed E-state index contributed by atoms with van der Waals surface area (Å²) in [5.41, 5.74) is 5.58. The average Bonchev–Trinajstić information content (AvgIpc) is 3.64. The number of ether oxygens (including phenoxy) is 3. The summed E-state index contributed by atoms with van der Waals surface area (Å²) in [4.78, 5) is 16.8. The molecule has 39 heavy (non-hydrogen) atoms. The van der Waals surface area contributed by atoms with Crippen molar-refractivity contribution in [3.05, 3.63) is 76.1 Å². The molecule has 196 valence electrons. The summed E-state index contributed by atoms with van der Waals surface area (Å²) in [6.07, 6.45) is 3.55. The van der Waals surface area contributed by atoms with Crippen molar-refractivity contribution in [2.24, 2.45) is 7.05 Å². The third kappa shape index (κ3) is 3.77. The van der Waals surface area contributed by atoms with E-state index < -0.39 is 0 Å². The molecule has 7 rings (SSSR count). The van der Waals surface area contributed by atoms with Crippen LogP contribution in [0.15, 0.2) is 63.9 Å². The molecule has 0 atom stereocenters. The molecule has 3 aromatic heterocycles. The van der Waals surface area contributed by atoms with E-state index in [0.717, 1.165) is 41.7 Å². The molecule has 0 unspecified atom stereocenters. The monoisotopic (exact) mass is 523 g/mol. The lowest BCUT2D eigenvalue weighted by atomic mass is 10.0. The fourth-order valence-corrected chi connectivity index (χ4v) is 5.36. The highest BCUT2D eigenvalue weighted by Gasteiger charge is 2.22. The van der Waals surface area contributed by atoms with Crippen molar-refractivity contribution in [3.63, 3.8) is 0 Å². The lowest BCUT2D eigenvalue weighted by molar-refractivity contribution is 0.298. The van der Waals surface area contributed by atoms with Gasteiger partial charge in [-0.3, -0.25) is 9.48 Å². The van der Waals surface area contributed by atoms with Crippen LogP contribution in [-0.4, -0.2) is 40.2 Å². The molecular weight excluding hydrogens is 498 g/mol. The standard InChI is InChI=1S/C30H25N3O6/c1-33-30-20(15-31-33)26(29-28(32-30)27-21(35)13-19(34)14-25(27)39-29)18-4-6-23(24(12-18)36-2)38-9-7-16-3-5-22-17(11-16)8-10-37-22/h3-6,11-15,31,35H,7-10H2,1-2H3. The Hall–Kier alpha value is -4.92. The molecule has 1 aliphatic heterocycles. The number of H-pyrrole nitrogens is 1. The van der Waals surface area contributed by atoms with Crippen LogP contribution >= 0.6 is 0 Å². The Morgan fingerprint density at radius 1 is 1.13 bits per heavy atom. The second-order valence-corrected chi connectivity index (χ2v) is 9.66. The van der Waals surface area contributed by atoms with Crippen molar-refractivity contribution >= 4 is 33.1 Å². The fraction of sp³-hybridized carbons (Fsp3) is 0.200. The summed E-state index contributed by atoms with van der Waals surface area (Å²) in [5, 5.41) is 14.9. The Balaban J connectivity index is 1.28. The van der Waals surface area contributed by atoms with Gasteiger partial charge in [-0.2, -0.15) is 0 Å². The first kappa shape index (κ1) is 23.2. The molecule has 4 heterocycles. The van der Waals surface area contributed by atoms with Gasteiger partial charge < -0.3 is 28.8 Å². The molecule has 0 radical (unpaired) electrons. The van der Waals surface area contributed by atoms with Gasteiger partial charge in [-0.05, 0) is 34.9 Å². The molecule has 2 N–H and O–H groups in total. The predicted octanol–water partition coefficient (Wildman–Crippen LogP) is 5.10. The number of aromatic amines is 1. The average molecular weight is 524 g/mol. The first-order chi connectivity index (χ1) is 19.0. The van der Waals surface area contributed by atoms with E-state index in [1.807, 2.05) is 37.5 Å². The Labute approximate surface area is 222 Å². The topological polar surface area (TPSA) is 112 Å². The third-order valence-electron chi connectivity index (χ3n) is 7.25. The Bertz CT molecular complexity index is 1970. The largest absolute Gasteiger partial charge is 0.507 e. The number of phenols is 1. The maximum absolute atomic E-state index is 12.0. The van der Waals surface area contributed by atoms with E-state index in [4.69, 9.17) is 23.6 Å². The van der Waals surface area contributed by atoms with Gasteiger partial charge >= 0.3 is 0 Å². The second kappa shape index (κ2) is 8.83. The molecule has 0 fully saturated rings. The van der Waals surface area contributed by atoms with Gasteiger partial charge in [0.2, 0.25) is 0 Å². The van der Waals surface area contributed by atoms with Gasteiger partial charge in [0.15, 0.2) is 28.2 Å². The number of aromatic hydroxyl groups is 1. The number of phenolic OH excluding ortho intramolecular Hbond substituents is 1. The van der Waals surface area contributed by atoms with Crippen LogP contribution in [0.1, 0.15) is 11.1 Å². The summed E-state index contributed by atoms with van der Waals surface area (Å²) in [6, 6.07) is 14.5. The van der Waals surface area contributed by atoms with Gasteiger partial charge in [-0.25, -0.2) is 4.98 Å². The first-order valence-electron chi connectivity index (χ1n) is 12.7. The predicted molar refractivity (Wildman–Crippen MR) is 147 cm³/mol. The number of pyridine rings is 1. The van der Waals surface area contributed by atoms with Gasteiger partial charge in [0, 0.05) is 49.2 Å².